The minimum absolute atomic E-state index is 0.0233. The third kappa shape index (κ3) is 4.00. The highest BCUT2D eigenvalue weighted by Crippen LogP contribution is 2.37. The van der Waals surface area contributed by atoms with Crippen LogP contribution in [-0.4, -0.2) is 27.0 Å². The second kappa shape index (κ2) is 6.39. The Morgan fingerprint density at radius 2 is 2.00 bits per heavy atom. The summed E-state index contributed by atoms with van der Waals surface area (Å²) in [6, 6.07) is 5.41. The van der Waals surface area contributed by atoms with Crippen LogP contribution < -0.4 is 11.5 Å². The maximum Gasteiger partial charge on any atom is 0.437 e. The fourth-order valence-electron chi connectivity index (χ4n) is 2.02. The molecule has 2 heterocycles. The SMILES string of the molecule is NC(N)=NC(=O)OCc1cccc(-c2cnc(C3CC3)nc2)n1. The number of rotatable bonds is 4. The minimum Gasteiger partial charge on any atom is -0.441 e. The summed E-state index contributed by atoms with van der Waals surface area (Å²) in [4.78, 5) is 27.7. The molecule has 0 radical (unpaired) electrons. The Morgan fingerprint density at radius 1 is 1.26 bits per heavy atom. The quantitative estimate of drug-likeness (QED) is 0.643. The lowest BCUT2D eigenvalue weighted by Gasteiger charge is -2.05. The average Bonchev–Trinajstić information content (AvgIpc) is 3.38. The van der Waals surface area contributed by atoms with Crippen LogP contribution in [0.1, 0.15) is 30.3 Å². The van der Waals surface area contributed by atoms with Gasteiger partial charge < -0.3 is 16.2 Å². The Hall–Kier alpha value is -3.03. The highest BCUT2D eigenvalue weighted by molar-refractivity contribution is 5.87. The van der Waals surface area contributed by atoms with Crippen molar-refractivity contribution in [3.8, 4) is 11.3 Å². The molecule has 0 atom stereocenters. The zero-order chi connectivity index (χ0) is 16.2. The molecule has 23 heavy (non-hydrogen) atoms. The third-order valence-electron chi connectivity index (χ3n) is 3.28. The Bertz CT molecular complexity index is 736. The molecule has 8 nitrogen and oxygen atoms in total. The van der Waals surface area contributed by atoms with Crippen LogP contribution >= 0.6 is 0 Å². The number of nitrogens with zero attached hydrogens (tertiary/aromatic N) is 4. The summed E-state index contributed by atoms with van der Waals surface area (Å²) >= 11 is 0. The van der Waals surface area contributed by atoms with E-state index in [1.165, 1.54) is 0 Å². The van der Waals surface area contributed by atoms with E-state index in [4.69, 9.17) is 16.2 Å². The van der Waals surface area contributed by atoms with E-state index in [-0.39, 0.29) is 12.6 Å². The molecule has 0 saturated heterocycles. The van der Waals surface area contributed by atoms with Crippen molar-refractivity contribution in [1.82, 2.24) is 15.0 Å². The largest absolute Gasteiger partial charge is 0.441 e. The van der Waals surface area contributed by atoms with Crippen molar-refractivity contribution in [2.24, 2.45) is 16.5 Å². The van der Waals surface area contributed by atoms with Crippen LogP contribution in [-0.2, 0) is 11.3 Å². The number of hydrogen-bond donors (Lipinski definition) is 2. The van der Waals surface area contributed by atoms with Crippen LogP contribution in [0.25, 0.3) is 11.3 Å². The summed E-state index contributed by atoms with van der Waals surface area (Å²) in [6.07, 6.45) is 4.99. The third-order valence-corrected chi connectivity index (χ3v) is 3.28. The van der Waals surface area contributed by atoms with Crippen molar-refractivity contribution in [1.29, 1.82) is 0 Å². The Kier molecular flexibility index (Phi) is 4.13. The molecule has 0 aliphatic heterocycles. The van der Waals surface area contributed by atoms with Gasteiger partial charge in [0.05, 0.1) is 11.4 Å². The second-order valence-electron chi connectivity index (χ2n) is 5.21. The zero-order valence-electron chi connectivity index (χ0n) is 12.3. The van der Waals surface area contributed by atoms with Gasteiger partial charge in [-0.15, -0.1) is 4.99 Å². The first-order valence-corrected chi connectivity index (χ1v) is 7.16. The Morgan fingerprint density at radius 3 is 2.65 bits per heavy atom. The molecule has 1 aliphatic carbocycles. The predicted octanol–water partition coefficient (Wildman–Crippen LogP) is 1.33. The molecule has 0 spiro atoms. The number of ether oxygens (including phenoxy) is 1. The maximum absolute atomic E-state index is 11.3. The number of hydrogen-bond acceptors (Lipinski definition) is 5. The normalized spacial score (nSPS) is 13.4. The van der Waals surface area contributed by atoms with Crippen molar-refractivity contribution in [3.63, 3.8) is 0 Å². The van der Waals surface area contributed by atoms with E-state index in [0.717, 1.165) is 24.2 Å². The molecular formula is C15H16N6O2. The number of guanidine groups is 1. The van der Waals surface area contributed by atoms with Gasteiger partial charge in [-0.3, -0.25) is 0 Å². The van der Waals surface area contributed by atoms with Gasteiger partial charge in [-0.2, -0.15) is 0 Å². The van der Waals surface area contributed by atoms with Gasteiger partial charge in [-0.1, -0.05) is 6.07 Å². The zero-order valence-corrected chi connectivity index (χ0v) is 12.3. The molecule has 1 amide bonds. The van der Waals surface area contributed by atoms with E-state index >= 15 is 0 Å². The van der Waals surface area contributed by atoms with Gasteiger partial charge in [-0.05, 0) is 25.0 Å². The number of carbonyl (C=O) groups excluding carboxylic acids is 1. The summed E-state index contributed by atoms with van der Waals surface area (Å²) < 4.78 is 4.91. The fraction of sp³-hybridized carbons (Fsp3) is 0.267. The van der Waals surface area contributed by atoms with Gasteiger partial charge in [0.15, 0.2) is 5.96 Å². The molecule has 1 fully saturated rings. The fourth-order valence-corrected chi connectivity index (χ4v) is 2.02. The Labute approximate surface area is 132 Å². The molecule has 4 N–H and O–H groups in total. The van der Waals surface area contributed by atoms with Crippen LogP contribution in [0.2, 0.25) is 0 Å². The van der Waals surface area contributed by atoms with Crippen molar-refractivity contribution in [3.05, 3.63) is 42.1 Å². The molecule has 1 saturated carbocycles. The lowest BCUT2D eigenvalue weighted by atomic mass is 10.2. The van der Waals surface area contributed by atoms with Crippen molar-refractivity contribution in [2.75, 3.05) is 0 Å². The van der Waals surface area contributed by atoms with Crippen LogP contribution in [0.3, 0.4) is 0 Å². The summed E-state index contributed by atoms with van der Waals surface area (Å²) in [7, 11) is 0. The second-order valence-corrected chi connectivity index (χ2v) is 5.21. The van der Waals surface area contributed by atoms with Gasteiger partial charge in [0.2, 0.25) is 0 Å². The first-order valence-electron chi connectivity index (χ1n) is 7.16. The average molecular weight is 312 g/mol. The van der Waals surface area contributed by atoms with E-state index in [9.17, 15) is 4.79 Å². The van der Waals surface area contributed by atoms with Gasteiger partial charge in [0.25, 0.3) is 0 Å². The van der Waals surface area contributed by atoms with Crippen molar-refractivity contribution < 1.29 is 9.53 Å². The smallest absolute Gasteiger partial charge is 0.437 e. The summed E-state index contributed by atoms with van der Waals surface area (Å²) in [5, 5.41) is 0. The molecule has 3 rings (SSSR count). The van der Waals surface area contributed by atoms with Gasteiger partial charge in [-0.25, -0.2) is 19.7 Å². The van der Waals surface area contributed by atoms with Gasteiger partial charge >= 0.3 is 6.09 Å². The highest BCUT2D eigenvalue weighted by Gasteiger charge is 2.26. The number of aliphatic imine (C=N–C) groups is 1. The summed E-state index contributed by atoms with van der Waals surface area (Å²) in [5.41, 5.74) is 12.3. The number of nitrogens with two attached hydrogens (primary N) is 2. The molecule has 0 unspecified atom stereocenters. The molecule has 2 aromatic heterocycles. The summed E-state index contributed by atoms with van der Waals surface area (Å²) in [5.74, 6) is 1.05. The lowest BCUT2D eigenvalue weighted by molar-refractivity contribution is 0.149. The highest BCUT2D eigenvalue weighted by atomic mass is 16.5. The van der Waals surface area contributed by atoms with Crippen molar-refractivity contribution in [2.45, 2.75) is 25.4 Å². The van der Waals surface area contributed by atoms with E-state index in [1.807, 2.05) is 12.1 Å². The molecule has 118 valence electrons. The Balaban J connectivity index is 1.69. The first kappa shape index (κ1) is 14.9. The molecule has 2 aromatic rings. The molecule has 8 heteroatoms. The topological polar surface area (TPSA) is 129 Å². The van der Waals surface area contributed by atoms with Crippen molar-refractivity contribution >= 4 is 12.1 Å². The number of pyridine rings is 1. The van der Waals surface area contributed by atoms with Gasteiger partial charge in [0.1, 0.15) is 12.4 Å². The summed E-state index contributed by atoms with van der Waals surface area (Å²) in [6.45, 7) is -0.0233. The molecule has 0 aromatic carbocycles. The molecule has 0 bridgehead atoms. The predicted molar refractivity (Wildman–Crippen MR) is 83.2 cm³/mol. The number of aromatic nitrogens is 3. The monoisotopic (exact) mass is 312 g/mol. The minimum atomic E-state index is -0.852. The van der Waals surface area contributed by atoms with E-state index in [2.05, 4.69) is 19.9 Å². The van der Waals surface area contributed by atoms with Crippen LogP contribution in [0.5, 0.6) is 0 Å². The van der Waals surface area contributed by atoms with E-state index < -0.39 is 6.09 Å². The van der Waals surface area contributed by atoms with E-state index in [1.54, 1.807) is 18.5 Å². The lowest BCUT2D eigenvalue weighted by Crippen LogP contribution is -2.24. The van der Waals surface area contributed by atoms with E-state index in [0.29, 0.717) is 17.3 Å². The van der Waals surface area contributed by atoms with Gasteiger partial charge in [0, 0.05) is 23.9 Å². The molecular weight excluding hydrogens is 296 g/mol. The number of carbonyl (C=O) groups is 1. The standard InChI is InChI=1S/C15H16N6O2/c16-14(17)21-15(22)23-8-11-2-1-3-12(20-11)10-6-18-13(19-7-10)9-4-5-9/h1-3,6-7,9H,4-5,8H2,(H4,16,17,21,22). The van der Waals surface area contributed by atoms with Crippen LogP contribution in [0.15, 0.2) is 35.6 Å². The van der Waals surface area contributed by atoms with Crippen LogP contribution in [0.4, 0.5) is 4.79 Å². The molecule has 1 aliphatic rings. The maximum atomic E-state index is 11.3. The van der Waals surface area contributed by atoms with Crippen LogP contribution in [0, 0.1) is 0 Å². The first-order chi connectivity index (χ1) is 11.1. The number of amides is 1.